The molecule has 7 saturated carbocycles. The maximum absolute atomic E-state index is 5.68. The molecule has 5 unspecified atom stereocenters. The smallest absolute Gasteiger partial charge is 0.161 e. The standard InChI is InChI=1S/C52H52N2/c1-50(2,3)31-17-19-35-43(26-31)52(33-24-38-37-20-28-21-40(38)46(52)41(22-28)39(37)25-33)44-27-32(51(4,5)6)23-42(45(35)44)49-53-47(30-13-8-7-9-14-30)36-18-16-29-12-10-11-15-34(29)48(36)54-49/h7-19,23,26-28,33,37-41,46H,20-22,24-25H2,1-6H3. The predicted molar refractivity (Wildman–Crippen MR) is 223 cm³/mol. The van der Waals surface area contributed by atoms with E-state index >= 15 is 0 Å². The molecule has 7 fully saturated rings. The first-order valence-corrected chi connectivity index (χ1v) is 21.1. The minimum absolute atomic E-state index is 0.0223. The molecule has 1 heterocycles. The minimum Gasteiger partial charge on any atom is -0.227 e. The fraction of sp³-hybridized carbons (Fsp3) is 0.423. The lowest BCUT2D eigenvalue weighted by molar-refractivity contribution is -0.231. The lowest BCUT2D eigenvalue weighted by atomic mass is 9.29. The highest BCUT2D eigenvalue weighted by molar-refractivity contribution is 6.10. The Labute approximate surface area is 320 Å². The normalized spacial score (nSPS) is 31.2. The predicted octanol–water partition coefficient (Wildman–Crippen LogP) is 12.9. The van der Waals surface area contributed by atoms with Crippen LogP contribution < -0.4 is 0 Å². The summed E-state index contributed by atoms with van der Waals surface area (Å²) in [5, 5.41) is 3.53. The van der Waals surface area contributed by atoms with Gasteiger partial charge in [0.1, 0.15) is 0 Å². The van der Waals surface area contributed by atoms with Gasteiger partial charge in [-0.1, -0.05) is 126 Å². The van der Waals surface area contributed by atoms with E-state index in [4.69, 9.17) is 9.97 Å². The van der Waals surface area contributed by atoms with Crippen LogP contribution in [-0.2, 0) is 16.2 Å². The van der Waals surface area contributed by atoms with E-state index in [1.165, 1.54) is 70.7 Å². The Bertz CT molecular complexity index is 2540. The summed E-state index contributed by atoms with van der Waals surface area (Å²) in [4.78, 5) is 11.3. The molecule has 5 atom stereocenters. The monoisotopic (exact) mass is 704 g/mol. The van der Waals surface area contributed by atoms with Crippen molar-refractivity contribution in [2.75, 3.05) is 0 Å². The van der Waals surface area contributed by atoms with E-state index < -0.39 is 0 Å². The van der Waals surface area contributed by atoms with Crippen molar-refractivity contribution >= 4 is 21.7 Å². The van der Waals surface area contributed by atoms with E-state index in [1.807, 2.05) is 0 Å². The molecule has 0 N–H and O–H groups in total. The van der Waals surface area contributed by atoms with E-state index in [1.54, 1.807) is 11.1 Å². The lowest BCUT2D eigenvalue weighted by Crippen LogP contribution is -2.70. The topological polar surface area (TPSA) is 25.8 Å². The van der Waals surface area contributed by atoms with E-state index in [0.29, 0.717) is 5.92 Å². The molecule has 8 aliphatic carbocycles. The number of rotatable bonds is 2. The van der Waals surface area contributed by atoms with Crippen LogP contribution in [0.3, 0.4) is 0 Å². The summed E-state index contributed by atoms with van der Waals surface area (Å²) in [5.74, 6) is 7.93. The van der Waals surface area contributed by atoms with Crippen molar-refractivity contribution in [3.63, 3.8) is 0 Å². The van der Waals surface area contributed by atoms with Crippen LogP contribution in [0.2, 0.25) is 0 Å². The van der Waals surface area contributed by atoms with E-state index in [-0.39, 0.29) is 16.2 Å². The van der Waals surface area contributed by atoms with Gasteiger partial charge in [-0.25, -0.2) is 9.97 Å². The average Bonchev–Trinajstić information content (AvgIpc) is 3.45. The second kappa shape index (κ2) is 10.5. The van der Waals surface area contributed by atoms with E-state index in [9.17, 15) is 0 Å². The number of benzene rings is 5. The number of hydrogen-bond donors (Lipinski definition) is 0. The molecular weight excluding hydrogens is 653 g/mol. The molecule has 14 rings (SSSR count). The Morgan fingerprint density at radius 1 is 0.556 bits per heavy atom. The maximum Gasteiger partial charge on any atom is 0.161 e. The molecule has 0 radical (unpaired) electrons. The Balaban J connectivity index is 1.20. The van der Waals surface area contributed by atoms with Gasteiger partial charge < -0.3 is 0 Å². The Morgan fingerprint density at radius 3 is 1.96 bits per heavy atom. The van der Waals surface area contributed by atoms with Gasteiger partial charge in [-0.05, 0) is 141 Å². The molecule has 54 heavy (non-hydrogen) atoms. The summed E-state index contributed by atoms with van der Waals surface area (Å²) in [7, 11) is 0. The first-order chi connectivity index (χ1) is 26.0. The molecule has 1 spiro atoms. The van der Waals surface area contributed by atoms with Crippen LogP contribution in [-0.4, -0.2) is 9.97 Å². The van der Waals surface area contributed by atoms with Crippen molar-refractivity contribution in [3.05, 3.63) is 119 Å². The Hall–Kier alpha value is -4.30. The van der Waals surface area contributed by atoms with Gasteiger partial charge in [0, 0.05) is 27.3 Å². The van der Waals surface area contributed by atoms with Gasteiger partial charge in [-0.15, -0.1) is 0 Å². The average molecular weight is 705 g/mol. The third kappa shape index (κ3) is 4.03. The van der Waals surface area contributed by atoms with Gasteiger partial charge in [0.05, 0.1) is 11.2 Å². The maximum atomic E-state index is 5.68. The van der Waals surface area contributed by atoms with Gasteiger partial charge in [-0.2, -0.15) is 0 Å². The molecule has 5 aromatic carbocycles. The molecule has 2 nitrogen and oxygen atoms in total. The third-order valence-corrected chi connectivity index (χ3v) is 16.2. The zero-order valence-corrected chi connectivity index (χ0v) is 32.8. The zero-order chi connectivity index (χ0) is 36.5. The van der Waals surface area contributed by atoms with Crippen molar-refractivity contribution in [2.45, 2.75) is 89.9 Å². The number of fused-ring (bicyclic) bond motifs is 6. The summed E-state index contributed by atoms with van der Waals surface area (Å²) in [6.45, 7) is 14.5. The fourth-order valence-electron chi connectivity index (χ4n) is 14.2. The Kier molecular flexibility index (Phi) is 6.22. The molecule has 270 valence electrons. The quantitative estimate of drug-likeness (QED) is 0.168. The molecule has 1 aromatic heterocycles. The SMILES string of the molecule is CC(C)(C)c1ccc2c(c1)C1(c3cc(C(C)(C)C)cc(-c4nc(-c5ccccc5)c5ccc6ccccc6c5n4)c3-2)C2CC3C4CC5CC3C1C(C5)C4C2. The molecule has 0 saturated heterocycles. The van der Waals surface area contributed by atoms with Crippen molar-refractivity contribution in [1.82, 2.24) is 9.97 Å². The first-order valence-electron chi connectivity index (χ1n) is 21.1. The summed E-state index contributed by atoms with van der Waals surface area (Å²) < 4.78 is 0. The molecule has 0 amide bonds. The van der Waals surface area contributed by atoms with Crippen LogP contribution in [0.15, 0.2) is 97.1 Å². The lowest BCUT2D eigenvalue weighted by Gasteiger charge is -2.75. The molecule has 2 heteroatoms. The fourth-order valence-corrected chi connectivity index (χ4v) is 14.2. The highest BCUT2D eigenvalue weighted by atomic mass is 14.9. The Morgan fingerprint density at radius 2 is 1.22 bits per heavy atom. The van der Waals surface area contributed by atoms with Crippen molar-refractivity contribution < 1.29 is 0 Å². The summed E-state index contributed by atoms with van der Waals surface area (Å²) in [6.07, 6.45) is 7.32. The summed E-state index contributed by atoms with van der Waals surface area (Å²) in [5.41, 5.74) is 13.7. The van der Waals surface area contributed by atoms with Gasteiger partial charge in [0.15, 0.2) is 5.82 Å². The second-order valence-electron chi connectivity index (χ2n) is 20.6. The van der Waals surface area contributed by atoms with Crippen LogP contribution >= 0.6 is 0 Å². The van der Waals surface area contributed by atoms with Crippen LogP contribution in [0.5, 0.6) is 0 Å². The van der Waals surface area contributed by atoms with Crippen molar-refractivity contribution in [3.8, 4) is 33.8 Å². The highest BCUT2D eigenvalue weighted by Crippen LogP contribution is 2.79. The van der Waals surface area contributed by atoms with E-state index in [0.717, 1.165) is 69.4 Å². The van der Waals surface area contributed by atoms with Crippen LogP contribution in [0, 0.1) is 47.3 Å². The van der Waals surface area contributed by atoms with Gasteiger partial charge >= 0.3 is 0 Å². The van der Waals surface area contributed by atoms with Gasteiger partial charge in [0.25, 0.3) is 0 Å². The third-order valence-electron chi connectivity index (χ3n) is 16.2. The number of aromatic nitrogens is 2. The van der Waals surface area contributed by atoms with E-state index in [2.05, 4.69) is 139 Å². The molecular formula is C52H52N2. The number of nitrogens with zero attached hydrogens (tertiary/aromatic N) is 2. The molecule has 0 aliphatic heterocycles. The van der Waals surface area contributed by atoms with Crippen LogP contribution in [0.1, 0.15) is 95.9 Å². The van der Waals surface area contributed by atoms with Gasteiger partial charge in [0.2, 0.25) is 0 Å². The van der Waals surface area contributed by atoms with Crippen molar-refractivity contribution in [1.29, 1.82) is 0 Å². The second-order valence-corrected chi connectivity index (χ2v) is 20.6. The molecule has 8 aliphatic rings. The molecule has 6 aromatic rings. The first kappa shape index (κ1) is 32.0. The summed E-state index contributed by atoms with van der Waals surface area (Å²) in [6, 6.07) is 37.0. The van der Waals surface area contributed by atoms with Crippen molar-refractivity contribution in [2.24, 2.45) is 47.3 Å². The summed E-state index contributed by atoms with van der Waals surface area (Å²) >= 11 is 0. The zero-order valence-electron chi connectivity index (χ0n) is 32.8. The van der Waals surface area contributed by atoms with Crippen LogP contribution in [0.25, 0.3) is 55.4 Å². The van der Waals surface area contributed by atoms with Crippen LogP contribution in [0.4, 0.5) is 0 Å². The minimum atomic E-state index is -0.0223. The van der Waals surface area contributed by atoms with Gasteiger partial charge in [-0.3, -0.25) is 0 Å². The molecule has 8 bridgehead atoms. The number of hydrogen-bond acceptors (Lipinski definition) is 2. The highest BCUT2D eigenvalue weighted by Gasteiger charge is 2.73. The largest absolute Gasteiger partial charge is 0.227 e.